The minimum Gasteiger partial charge on any atom is -0.467 e. The molecule has 7 nitrogen and oxygen atoms in total. The molecular weight excluding hydrogens is 422 g/mol. The first-order valence-corrected chi connectivity index (χ1v) is 12.0. The van der Waals surface area contributed by atoms with Gasteiger partial charge in [0.1, 0.15) is 5.76 Å². The van der Waals surface area contributed by atoms with Gasteiger partial charge in [0.15, 0.2) is 5.16 Å². The third kappa shape index (κ3) is 5.01. The molecule has 0 bridgehead atoms. The number of rotatable bonds is 7. The van der Waals surface area contributed by atoms with Crippen LogP contribution >= 0.6 is 11.8 Å². The molecule has 1 aromatic carbocycles. The molecule has 3 aromatic rings. The molecule has 8 heteroatoms. The number of nitrogens with one attached hydrogen (secondary N) is 1. The van der Waals surface area contributed by atoms with E-state index in [0.29, 0.717) is 6.54 Å². The molecule has 0 spiro atoms. The van der Waals surface area contributed by atoms with Gasteiger partial charge in [0, 0.05) is 18.8 Å². The Hall–Kier alpha value is -2.74. The predicted molar refractivity (Wildman–Crippen MR) is 128 cm³/mol. The molecule has 3 heterocycles. The number of aryl methyl sites for hydroxylation is 2. The van der Waals surface area contributed by atoms with Gasteiger partial charge >= 0.3 is 0 Å². The molecule has 1 saturated heterocycles. The maximum absolute atomic E-state index is 13.0. The van der Waals surface area contributed by atoms with Crippen molar-refractivity contribution in [2.24, 2.45) is 5.92 Å². The summed E-state index contributed by atoms with van der Waals surface area (Å²) in [6, 6.07) is 9.85. The third-order valence-corrected chi connectivity index (χ3v) is 7.12. The largest absolute Gasteiger partial charge is 0.467 e. The lowest BCUT2D eigenvalue weighted by atomic mass is 10.00. The Morgan fingerprint density at radius 1 is 1.19 bits per heavy atom. The van der Waals surface area contributed by atoms with Crippen LogP contribution in [0.2, 0.25) is 0 Å². The van der Waals surface area contributed by atoms with Crippen LogP contribution in [-0.4, -0.2) is 39.0 Å². The van der Waals surface area contributed by atoms with Crippen molar-refractivity contribution in [3.63, 3.8) is 0 Å². The van der Waals surface area contributed by atoms with Crippen LogP contribution in [0, 0.1) is 19.8 Å². The number of thioether (sulfide) groups is 1. The molecule has 170 valence electrons. The quantitative estimate of drug-likeness (QED) is 0.513. The van der Waals surface area contributed by atoms with Gasteiger partial charge in [-0.1, -0.05) is 36.9 Å². The summed E-state index contributed by atoms with van der Waals surface area (Å²) in [5.74, 6) is 2.37. The van der Waals surface area contributed by atoms with Gasteiger partial charge in [-0.2, -0.15) is 0 Å². The van der Waals surface area contributed by atoms with Crippen molar-refractivity contribution in [3.8, 4) is 0 Å². The van der Waals surface area contributed by atoms with E-state index < -0.39 is 0 Å². The standard InChI is InChI=1S/C24H31N5O2S/c1-16-10-12-28(13-11-16)23-26-27-24(29(23)15-20-9-6-14-31-20)32-19(4)22(30)25-21-17(2)7-5-8-18(21)3/h5-9,14,16,19H,10-13,15H2,1-4H3,(H,25,30). The molecule has 1 aliphatic heterocycles. The summed E-state index contributed by atoms with van der Waals surface area (Å²) >= 11 is 1.43. The highest BCUT2D eigenvalue weighted by Gasteiger charge is 2.26. The predicted octanol–water partition coefficient (Wildman–Crippen LogP) is 4.89. The van der Waals surface area contributed by atoms with E-state index >= 15 is 0 Å². The second-order valence-corrected chi connectivity index (χ2v) is 9.94. The normalized spacial score (nSPS) is 15.7. The minimum atomic E-state index is -0.331. The van der Waals surface area contributed by atoms with Gasteiger partial charge in [-0.05, 0) is 62.8 Å². The first kappa shape index (κ1) is 22.5. The van der Waals surface area contributed by atoms with Crippen molar-refractivity contribution < 1.29 is 9.21 Å². The zero-order chi connectivity index (χ0) is 22.7. The Labute approximate surface area is 193 Å². The van der Waals surface area contributed by atoms with E-state index in [2.05, 4.69) is 31.9 Å². The number of para-hydroxylation sites is 1. The number of hydrogen-bond acceptors (Lipinski definition) is 6. The summed E-state index contributed by atoms with van der Waals surface area (Å²) in [7, 11) is 0. The molecule has 0 aliphatic carbocycles. The first-order valence-electron chi connectivity index (χ1n) is 11.2. The van der Waals surface area contributed by atoms with Crippen molar-refractivity contribution in [2.45, 2.75) is 57.5 Å². The van der Waals surface area contributed by atoms with Crippen LogP contribution in [0.1, 0.15) is 43.6 Å². The monoisotopic (exact) mass is 453 g/mol. The van der Waals surface area contributed by atoms with Gasteiger partial charge in [0.05, 0.1) is 18.1 Å². The Bertz CT molecular complexity index is 1030. The Morgan fingerprint density at radius 3 is 2.56 bits per heavy atom. The summed E-state index contributed by atoms with van der Waals surface area (Å²) in [4.78, 5) is 15.3. The Morgan fingerprint density at radius 2 is 1.91 bits per heavy atom. The van der Waals surface area contributed by atoms with Crippen molar-refractivity contribution in [1.29, 1.82) is 0 Å². The lowest BCUT2D eigenvalue weighted by molar-refractivity contribution is -0.115. The molecule has 1 N–H and O–H groups in total. The van der Waals surface area contributed by atoms with E-state index in [0.717, 1.165) is 65.5 Å². The molecule has 1 aliphatic rings. The highest BCUT2D eigenvalue weighted by atomic mass is 32.2. The number of benzene rings is 1. The summed E-state index contributed by atoms with van der Waals surface area (Å²) in [5.41, 5.74) is 2.99. The number of nitrogens with zero attached hydrogens (tertiary/aromatic N) is 4. The minimum absolute atomic E-state index is 0.0479. The van der Waals surface area contributed by atoms with Gasteiger partial charge < -0.3 is 14.6 Å². The molecule has 1 atom stereocenters. The first-order chi connectivity index (χ1) is 15.4. The van der Waals surface area contributed by atoms with Crippen LogP contribution in [0.15, 0.2) is 46.2 Å². The number of furan rings is 1. The lowest BCUT2D eigenvalue weighted by Crippen LogP contribution is -2.35. The highest BCUT2D eigenvalue weighted by molar-refractivity contribution is 8.00. The van der Waals surface area contributed by atoms with Crippen LogP contribution in [-0.2, 0) is 11.3 Å². The topological polar surface area (TPSA) is 76.2 Å². The molecule has 1 fully saturated rings. The molecule has 1 amide bonds. The molecule has 1 unspecified atom stereocenters. The van der Waals surface area contributed by atoms with E-state index in [4.69, 9.17) is 4.42 Å². The summed E-state index contributed by atoms with van der Waals surface area (Å²) in [6.45, 7) is 10.7. The van der Waals surface area contributed by atoms with Gasteiger partial charge in [-0.3, -0.25) is 9.36 Å². The van der Waals surface area contributed by atoms with Crippen LogP contribution in [0.3, 0.4) is 0 Å². The fourth-order valence-electron chi connectivity index (χ4n) is 3.96. The molecule has 32 heavy (non-hydrogen) atoms. The van der Waals surface area contributed by atoms with Gasteiger partial charge in [0.25, 0.3) is 0 Å². The third-order valence-electron chi connectivity index (χ3n) is 6.04. The zero-order valence-electron chi connectivity index (χ0n) is 19.2. The molecular formula is C24H31N5O2S. The van der Waals surface area contributed by atoms with Crippen LogP contribution in [0.5, 0.6) is 0 Å². The summed E-state index contributed by atoms with van der Waals surface area (Å²) < 4.78 is 7.67. The SMILES string of the molecule is Cc1cccc(C)c1NC(=O)C(C)Sc1nnc(N2CCC(C)CC2)n1Cc1ccco1. The number of amides is 1. The van der Waals surface area contributed by atoms with Crippen molar-refractivity contribution in [3.05, 3.63) is 53.5 Å². The summed E-state index contributed by atoms with van der Waals surface area (Å²) in [5, 5.41) is 12.5. The maximum atomic E-state index is 13.0. The number of anilines is 2. The molecule has 4 rings (SSSR count). The molecule has 0 saturated carbocycles. The number of hydrogen-bond donors (Lipinski definition) is 1. The lowest BCUT2D eigenvalue weighted by Gasteiger charge is -2.31. The van der Waals surface area contributed by atoms with Crippen LogP contribution in [0.4, 0.5) is 11.6 Å². The maximum Gasteiger partial charge on any atom is 0.237 e. The van der Waals surface area contributed by atoms with E-state index in [1.807, 2.05) is 51.1 Å². The van der Waals surface area contributed by atoms with Gasteiger partial charge in [-0.15, -0.1) is 10.2 Å². The van der Waals surface area contributed by atoms with E-state index in [1.54, 1.807) is 6.26 Å². The second kappa shape index (κ2) is 9.81. The smallest absolute Gasteiger partial charge is 0.237 e. The Kier molecular flexibility index (Phi) is 6.89. The van der Waals surface area contributed by atoms with E-state index in [-0.39, 0.29) is 11.2 Å². The van der Waals surface area contributed by atoms with Crippen LogP contribution in [0.25, 0.3) is 0 Å². The number of carbonyl (C=O) groups excluding carboxylic acids is 1. The summed E-state index contributed by atoms with van der Waals surface area (Å²) in [6.07, 6.45) is 3.96. The average Bonchev–Trinajstić information content (AvgIpc) is 3.42. The van der Waals surface area contributed by atoms with Gasteiger partial charge in [-0.25, -0.2) is 0 Å². The Balaban J connectivity index is 1.53. The van der Waals surface area contributed by atoms with Crippen molar-refractivity contribution >= 4 is 29.3 Å². The van der Waals surface area contributed by atoms with Gasteiger partial charge in [0.2, 0.25) is 11.9 Å². The highest BCUT2D eigenvalue weighted by Crippen LogP contribution is 2.30. The zero-order valence-corrected chi connectivity index (χ0v) is 20.0. The van der Waals surface area contributed by atoms with E-state index in [1.165, 1.54) is 11.8 Å². The van der Waals surface area contributed by atoms with Crippen molar-refractivity contribution in [1.82, 2.24) is 14.8 Å². The fraction of sp³-hybridized carbons (Fsp3) is 0.458. The number of carbonyl (C=O) groups is 1. The average molecular weight is 454 g/mol. The molecule has 2 aromatic heterocycles. The van der Waals surface area contributed by atoms with Crippen molar-refractivity contribution in [2.75, 3.05) is 23.3 Å². The molecule has 0 radical (unpaired) electrons. The number of aromatic nitrogens is 3. The van der Waals surface area contributed by atoms with E-state index in [9.17, 15) is 4.79 Å². The second-order valence-electron chi connectivity index (χ2n) is 8.63. The number of piperidine rings is 1. The fourth-order valence-corrected chi connectivity index (χ4v) is 4.80. The van der Waals surface area contributed by atoms with Crippen LogP contribution < -0.4 is 10.2 Å².